The summed E-state index contributed by atoms with van der Waals surface area (Å²) in [6.45, 7) is 3.96. The lowest BCUT2D eigenvalue weighted by atomic mass is 10.2. The van der Waals surface area contributed by atoms with Gasteiger partial charge in [-0.15, -0.1) is 0 Å². The summed E-state index contributed by atoms with van der Waals surface area (Å²) in [5.74, 6) is 5.46. The Balaban J connectivity index is 2.11. The standard InChI is InChI=1S/C23H25NO3S/c1-3-4-18-24(28(26,27)23-16-12-20(2)13-17-23)19-8-11-22(25)15-14-21-9-6-5-7-10-21/h3-7,9-10,12-17,22,25H,18-19H2,1-2H3/b4-3+,15-14+. The number of rotatable bonds is 7. The zero-order valence-electron chi connectivity index (χ0n) is 16.1. The molecule has 0 aliphatic carbocycles. The Morgan fingerprint density at radius 2 is 1.79 bits per heavy atom. The van der Waals surface area contributed by atoms with E-state index in [0.29, 0.717) is 0 Å². The third kappa shape index (κ3) is 6.50. The minimum Gasteiger partial charge on any atom is -0.377 e. The first-order valence-corrected chi connectivity index (χ1v) is 10.4. The number of hydrogen-bond donors (Lipinski definition) is 1. The lowest BCUT2D eigenvalue weighted by molar-refractivity contribution is 0.281. The van der Waals surface area contributed by atoms with E-state index >= 15 is 0 Å². The van der Waals surface area contributed by atoms with Gasteiger partial charge in [0.25, 0.3) is 0 Å². The number of aliphatic hydroxyl groups is 1. The number of nitrogens with zero attached hydrogens (tertiary/aromatic N) is 1. The molecule has 0 radical (unpaired) electrons. The van der Waals surface area contributed by atoms with E-state index in [0.717, 1.165) is 11.1 Å². The second-order valence-electron chi connectivity index (χ2n) is 6.22. The number of hydrogen-bond acceptors (Lipinski definition) is 3. The lowest BCUT2D eigenvalue weighted by Crippen LogP contribution is -2.31. The molecule has 0 saturated heterocycles. The van der Waals surface area contributed by atoms with Crippen molar-refractivity contribution in [3.63, 3.8) is 0 Å². The third-order valence-corrected chi connectivity index (χ3v) is 5.81. The highest BCUT2D eigenvalue weighted by Gasteiger charge is 2.22. The summed E-state index contributed by atoms with van der Waals surface area (Å²) in [7, 11) is -3.66. The highest BCUT2D eigenvalue weighted by atomic mass is 32.2. The second kappa shape index (κ2) is 10.6. The molecule has 0 aliphatic heterocycles. The van der Waals surface area contributed by atoms with Crippen molar-refractivity contribution in [1.29, 1.82) is 0 Å². The normalized spacial score (nSPS) is 13.0. The average molecular weight is 396 g/mol. The third-order valence-electron chi connectivity index (χ3n) is 3.98. The highest BCUT2D eigenvalue weighted by Crippen LogP contribution is 2.16. The van der Waals surface area contributed by atoms with Gasteiger partial charge in [0.15, 0.2) is 0 Å². The number of benzene rings is 2. The monoisotopic (exact) mass is 395 g/mol. The van der Waals surface area contributed by atoms with Crippen LogP contribution in [0.1, 0.15) is 18.1 Å². The van der Waals surface area contributed by atoms with E-state index in [2.05, 4.69) is 11.8 Å². The van der Waals surface area contributed by atoms with Crippen LogP contribution in [0.3, 0.4) is 0 Å². The van der Waals surface area contributed by atoms with E-state index in [-0.39, 0.29) is 18.0 Å². The Kier molecular flexibility index (Phi) is 8.21. The van der Waals surface area contributed by atoms with Gasteiger partial charge in [-0.1, -0.05) is 78.1 Å². The molecule has 1 N–H and O–H groups in total. The predicted octanol–water partition coefficient (Wildman–Crippen LogP) is 3.64. The van der Waals surface area contributed by atoms with Gasteiger partial charge in [-0.05, 0) is 37.6 Å². The van der Waals surface area contributed by atoms with Gasteiger partial charge in [0.2, 0.25) is 10.0 Å². The molecule has 0 amide bonds. The van der Waals surface area contributed by atoms with Crippen LogP contribution in [-0.4, -0.2) is 37.0 Å². The van der Waals surface area contributed by atoms with Crippen LogP contribution >= 0.6 is 0 Å². The van der Waals surface area contributed by atoms with Gasteiger partial charge in [0.05, 0.1) is 11.4 Å². The van der Waals surface area contributed by atoms with Crippen LogP contribution in [0.4, 0.5) is 0 Å². The molecule has 5 heteroatoms. The minimum atomic E-state index is -3.66. The summed E-state index contributed by atoms with van der Waals surface area (Å²) in [6, 6.07) is 16.3. The molecular formula is C23H25NO3S. The van der Waals surface area contributed by atoms with Gasteiger partial charge in [0.1, 0.15) is 6.10 Å². The number of aryl methyl sites for hydroxylation is 1. The molecule has 1 atom stereocenters. The molecule has 0 bridgehead atoms. The maximum Gasteiger partial charge on any atom is 0.244 e. The van der Waals surface area contributed by atoms with E-state index in [4.69, 9.17) is 0 Å². The predicted molar refractivity (Wildman–Crippen MR) is 114 cm³/mol. The van der Waals surface area contributed by atoms with Crippen LogP contribution in [0.15, 0.2) is 77.7 Å². The number of sulfonamides is 1. The number of allylic oxidation sites excluding steroid dienone is 1. The fourth-order valence-electron chi connectivity index (χ4n) is 2.38. The van der Waals surface area contributed by atoms with Crippen LogP contribution in [0.2, 0.25) is 0 Å². The Labute approximate surface area is 167 Å². The molecule has 0 spiro atoms. The molecule has 0 aromatic heterocycles. The summed E-state index contributed by atoms with van der Waals surface area (Å²) >= 11 is 0. The summed E-state index contributed by atoms with van der Waals surface area (Å²) in [5, 5.41) is 10.0. The van der Waals surface area contributed by atoms with Gasteiger partial charge in [0, 0.05) is 6.54 Å². The second-order valence-corrected chi connectivity index (χ2v) is 8.15. The zero-order valence-corrected chi connectivity index (χ0v) is 16.9. The van der Waals surface area contributed by atoms with Gasteiger partial charge in [-0.3, -0.25) is 0 Å². The molecule has 2 rings (SSSR count). The molecule has 28 heavy (non-hydrogen) atoms. The average Bonchev–Trinajstić information content (AvgIpc) is 2.70. The Hall–Kier alpha value is -2.65. The topological polar surface area (TPSA) is 57.6 Å². The van der Waals surface area contributed by atoms with Crippen LogP contribution < -0.4 is 0 Å². The zero-order chi connectivity index (χ0) is 20.4. The van der Waals surface area contributed by atoms with Crippen LogP contribution in [0.5, 0.6) is 0 Å². The molecule has 4 nitrogen and oxygen atoms in total. The first-order valence-electron chi connectivity index (χ1n) is 9.01. The smallest absolute Gasteiger partial charge is 0.244 e. The van der Waals surface area contributed by atoms with Crippen LogP contribution in [0.25, 0.3) is 6.08 Å². The first kappa shape index (κ1) is 21.6. The lowest BCUT2D eigenvalue weighted by Gasteiger charge is -2.18. The quantitative estimate of drug-likeness (QED) is 0.575. The number of aliphatic hydroxyl groups excluding tert-OH is 1. The van der Waals surface area contributed by atoms with Crippen molar-refractivity contribution in [3.8, 4) is 11.8 Å². The van der Waals surface area contributed by atoms with Gasteiger partial charge in [-0.2, -0.15) is 4.31 Å². The fourth-order valence-corrected chi connectivity index (χ4v) is 3.68. The van der Waals surface area contributed by atoms with Crippen LogP contribution in [-0.2, 0) is 10.0 Å². The Morgan fingerprint density at radius 3 is 2.43 bits per heavy atom. The van der Waals surface area contributed by atoms with E-state index in [1.807, 2.05) is 44.2 Å². The summed E-state index contributed by atoms with van der Waals surface area (Å²) in [5.41, 5.74) is 1.95. The van der Waals surface area contributed by atoms with Gasteiger partial charge in [-0.25, -0.2) is 8.42 Å². The molecule has 0 saturated carbocycles. The van der Waals surface area contributed by atoms with E-state index < -0.39 is 16.1 Å². The molecule has 146 valence electrons. The first-order chi connectivity index (χ1) is 13.4. The molecule has 0 fully saturated rings. The fraction of sp³-hybridized carbons (Fsp3) is 0.217. The van der Waals surface area contributed by atoms with Crippen molar-refractivity contribution in [1.82, 2.24) is 4.31 Å². The highest BCUT2D eigenvalue weighted by molar-refractivity contribution is 7.89. The van der Waals surface area contributed by atoms with E-state index in [1.54, 1.807) is 48.6 Å². The Morgan fingerprint density at radius 1 is 1.11 bits per heavy atom. The summed E-state index contributed by atoms with van der Waals surface area (Å²) in [6.07, 6.45) is 5.94. The van der Waals surface area contributed by atoms with E-state index in [1.165, 1.54) is 4.31 Å². The van der Waals surface area contributed by atoms with Crippen LogP contribution in [0, 0.1) is 18.8 Å². The van der Waals surface area contributed by atoms with Crippen molar-refractivity contribution in [2.24, 2.45) is 0 Å². The Bertz CT molecular complexity index is 966. The molecule has 0 heterocycles. The summed E-state index contributed by atoms with van der Waals surface area (Å²) in [4.78, 5) is 0.230. The van der Waals surface area contributed by atoms with Crippen molar-refractivity contribution in [2.75, 3.05) is 13.1 Å². The maximum atomic E-state index is 12.9. The molecule has 0 aliphatic rings. The maximum absolute atomic E-state index is 12.9. The molecule has 1 unspecified atom stereocenters. The van der Waals surface area contributed by atoms with Crippen molar-refractivity contribution in [2.45, 2.75) is 24.8 Å². The SMILES string of the molecule is C/C=C/CN(CC#CC(O)/C=C/c1ccccc1)S(=O)(=O)c1ccc(C)cc1. The van der Waals surface area contributed by atoms with Crippen molar-refractivity contribution < 1.29 is 13.5 Å². The molecule has 2 aromatic rings. The largest absolute Gasteiger partial charge is 0.377 e. The minimum absolute atomic E-state index is 0.00319. The van der Waals surface area contributed by atoms with Gasteiger partial charge < -0.3 is 5.11 Å². The van der Waals surface area contributed by atoms with E-state index in [9.17, 15) is 13.5 Å². The van der Waals surface area contributed by atoms with Crippen molar-refractivity contribution in [3.05, 3.63) is 84.0 Å². The van der Waals surface area contributed by atoms with Crippen molar-refractivity contribution >= 4 is 16.1 Å². The van der Waals surface area contributed by atoms with Gasteiger partial charge >= 0.3 is 0 Å². The summed E-state index contributed by atoms with van der Waals surface area (Å²) < 4.78 is 27.1. The molecular weight excluding hydrogens is 370 g/mol. The molecule has 2 aromatic carbocycles.